The van der Waals surface area contributed by atoms with Gasteiger partial charge in [0, 0.05) is 19.3 Å². The predicted molar refractivity (Wildman–Crippen MR) is 56.8 cm³/mol. The molecule has 1 aliphatic heterocycles. The van der Waals surface area contributed by atoms with Crippen LogP contribution in [-0.2, 0) is 4.79 Å². The Kier molecular flexibility index (Phi) is 2.85. The highest BCUT2D eigenvalue weighted by molar-refractivity contribution is 5.71. The van der Waals surface area contributed by atoms with Gasteiger partial charge in [-0.1, -0.05) is 0 Å². The highest BCUT2D eigenvalue weighted by atomic mass is 16.4. The number of nitrogens with zero attached hydrogens (tertiary/aromatic N) is 2. The fourth-order valence-electron chi connectivity index (χ4n) is 1.95. The average Bonchev–Trinajstić information content (AvgIpc) is 2.30. The van der Waals surface area contributed by atoms with Crippen molar-refractivity contribution in [2.45, 2.75) is 12.8 Å². The number of piperidine rings is 1. The van der Waals surface area contributed by atoms with Crippen LogP contribution in [0.25, 0.3) is 0 Å². The van der Waals surface area contributed by atoms with Gasteiger partial charge in [-0.15, -0.1) is 0 Å². The third-order valence-corrected chi connectivity index (χ3v) is 2.78. The van der Waals surface area contributed by atoms with Crippen molar-refractivity contribution in [3.63, 3.8) is 0 Å². The fraction of sp³-hybridized carbons (Fsp3) is 0.455. The second-order valence-corrected chi connectivity index (χ2v) is 3.83. The lowest BCUT2D eigenvalue weighted by Gasteiger charge is -2.32. The first-order valence-corrected chi connectivity index (χ1v) is 5.15. The second-order valence-electron chi connectivity index (χ2n) is 3.83. The van der Waals surface area contributed by atoms with Crippen molar-refractivity contribution in [1.82, 2.24) is 4.98 Å². The minimum atomic E-state index is -0.691. The molecule has 1 fully saturated rings. The SMILES string of the molecule is O=C(O)C1CCCN(c2cccnc2)C1. The van der Waals surface area contributed by atoms with Crippen molar-refractivity contribution in [2.75, 3.05) is 18.0 Å². The first kappa shape index (κ1) is 9.96. The van der Waals surface area contributed by atoms with E-state index in [1.165, 1.54) is 0 Å². The van der Waals surface area contributed by atoms with Crippen molar-refractivity contribution in [2.24, 2.45) is 5.92 Å². The van der Waals surface area contributed by atoms with E-state index in [4.69, 9.17) is 5.11 Å². The zero-order valence-corrected chi connectivity index (χ0v) is 8.47. The predicted octanol–water partition coefficient (Wildman–Crippen LogP) is 1.38. The molecule has 1 aromatic rings. The van der Waals surface area contributed by atoms with Crippen molar-refractivity contribution >= 4 is 11.7 Å². The monoisotopic (exact) mass is 206 g/mol. The molecule has 2 rings (SSSR count). The normalized spacial score (nSPS) is 21.3. The van der Waals surface area contributed by atoms with Gasteiger partial charge in [0.1, 0.15) is 0 Å². The third kappa shape index (κ3) is 2.26. The zero-order chi connectivity index (χ0) is 10.7. The Morgan fingerprint density at radius 3 is 3.13 bits per heavy atom. The van der Waals surface area contributed by atoms with E-state index < -0.39 is 5.97 Å². The second kappa shape index (κ2) is 4.29. The van der Waals surface area contributed by atoms with Crippen LogP contribution >= 0.6 is 0 Å². The topological polar surface area (TPSA) is 53.4 Å². The van der Waals surface area contributed by atoms with Crippen LogP contribution in [0.2, 0.25) is 0 Å². The van der Waals surface area contributed by atoms with Gasteiger partial charge in [0.05, 0.1) is 17.8 Å². The highest BCUT2D eigenvalue weighted by Crippen LogP contribution is 2.22. The minimum Gasteiger partial charge on any atom is -0.481 e. The molecule has 4 nitrogen and oxygen atoms in total. The highest BCUT2D eigenvalue weighted by Gasteiger charge is 2.25. The molecule has 4 heteroatoms. The third-order valence-electron chi connectivity index (χ3n) is 2.78. The van der Waals surface area contributed by atoms with E-state index in [1.54, 1.807) is 12.4 Å². The van der Waals surface area contributed by atoms with E-state index >= 15 is 0 Å². The van der Waals surface area contributed by atoms with Crippen molar-refractivity contribution < 1.29 is 9.90 Å². The van der Waals surface area contributed by atoms with E-state index in [0.717, 1.165) is 25.1 Å². The Morgan fingerprint density at radius 2 is 2.47 bits per heavy atom. The van der Waals surface area contributed by atoms with Gasteiger partial charge in [0.15, 0.2) is 0 Å². The van der Waals surface area contributed by atoms with Crippen LogP contribution < -0.4 is 4.90 Å². The van der Waals surface area contributed by atoms with Gasteiger partial charge < -0.3 is 10.0 Å². The molecule has 1 aromatic heterocycles. The van der Waals surface area contributed by atoms with Crippen LogP contribution in [0.4, 0.5) is 5.69 Å². The molecule has 80 valence electrons. The van der Waals surface area contributed by atoms with E-state index in [9.17, 15) is 4.79 Å². The molecule has 1 unspecified atom stereocenters. The maximum absolute atomic E-state index is 10.9. The van der Waals surface area contributed by atoms with Crippen molar-refractivity contribution in [3.8, 4) is 0 Å². The Morgan fingerprint density at radius 1 is 1.60 bits per heavy atom. The van der Waals surface area contributed by atoms with Crippen LogP contribution in [0.1, 0.15) is 12.8 Å². The molecule has 1 saturated heterocycles. The lowest BCUT2D eigenvalue weighted by molar-refractivity contribution is -0.141. The first-order chi connectivity index (χ1) is 7.27. The Labute approximate surface area is 88.6 Å². The van der Waals surface area contributed by atoms with Crippen LogP contribution in [0, 0.1) is 5.92 Å². The van der Waals surface area contributed by atoms with Gasteiger partial charge in [-0.2, -0.15) is 0 Å². The summed E-state index contributed by atoms with van der Waals surface area (Å²) in [5, 5.41) is 8.96. The Hall–Kier alpha value is -1.58. The fourth-order valence-corrected chi connectivity index (χ4v) is 1.95. The summed E-state index contributed by atoms with van der Waals surface area (Å²) in [5.41, 5.74) is 1.02. The van der Waals surface area contributed by atoms with E-state index in [1.807, 2.05) is 12.1 Å². The summed E-state index contributed by atoms with van der Waals surface area (Å²) in [6.45, 7) is 1.52. The standard InChI is InChI=1S/C11H14N2O2/c14-11(15)9-3-2-6-13(8-9)10-4-1-5-12-7-10/h1,4-5,7,9H,2-3,6,8H2,(H,14,15). The molecule has 1 atom stereocenters. The van der Waals surface area contributed by atoms with E-state index in [0.29, 0.717) is 6.54 Å². The summed E-state index contributed by atoms with van der Waals surface area (Å²) in [4.78, 5) is 17.0. The van der Waals surface area contributed by atoms with Crippen LogP contribution in [-0.4, -0.2) is 29.1 Å². The molecule has 0 spiro atoms. The van der Waals surface area contributed by atoms with E-state index in [2.05, 4.69) is 9.88 Å². The number of hydrogen-bond donors (Lipinski definition) is 1. The molecule has 0 bridgehead atoms. The number of pyridine rings is 1. The molecule has 0 radical (unpaired) electrons. The smallest absolute Gasteiger partial charge is 0.308 e. The molecule has 0 saturated carbocycles. The van der Waals surface area contributed by atoms with Crippen molar-refractivity contribution in [3.05, 3.63) is 24.5 Å². The zero-order valence-electron chi connectivity index (χ0n) is 8.47. The maximum atomic E-state index is 10.9. The van der Waals surface area contributed by atoms with Crippen molar-refractivity contribution in [1.29, 1.82) is 0 Å². The maximum Gasteiger partial charge on any atom is 0.308 e. The number of rotatable bonds is 2. The molecular weight excluding hydrogens is 192 g/mol. The quantitative estimate of drug-likeness (QED) is 0.794. The summed E-state index contributed by atoms with van der Waals surface area (Å²) in [5.74, 6) is -0.928. The Bertz CT molecular complexity index is 340. The summed E-state index contributed by atoms with van der Waals surface area (Å²) >= 11 is 0. The molecule has 1 N–H and O–H groups in total. The van der Waals surface area contributed by atoms with Crippen LogP contribution in [0.3, 0.4) is 0 Å². The van der Waals surface area contributed by atoms with Gasteiger partial charge in [0.2, 0.25) is 0 Å². The molecule has 0 aromatic carbocycles. The largest absolute Gasteiger partial charge is 0.481 e. The van der Waals surface area contributed by atoms with Gasteiger partial charge in [-0.3, -0.25) is 9.78 Å². The van der Waals surface area contributed by atoms with Gasteiger partial charge in [-0.25, -0.2) is 0 Å². The van der Waals surface area contributed by atoms with Crippen LogP contribution in [0.5, 0.6) is 0 Å². The average molecular weight is 206 g/mol. The minimum absolute atomic E-state index is 0.237. The molecule has 1 aliphatic rings. The number of carboxylic acid groups (broad SMARTS) is 1. The number of carboxylic acids is 1. The summed E-state index contributed by atoms with van der Waals surface area (Å²) in [6.07, 6.45) is 5.23. The molecule has 0 aliphatic carbocycles. The number of hydrogen-bond acceptors (Lipinski definition) is 3. The number of anilines is 1. The van der Waals surface area contributed by atoms with Gasteiger partial charge in [-0.05, 0) is 25.0 Å². The summed E-state index contributed by atoms with van der Waals surface area (Å²) in [7, 11) is 0. The number of aliphatic carboxylic acids is 1. The lowest BCUT2D eigenvalue weighted by atomic mass is 9.98. The molecule has 15 heavy (non-hydrogen) atoms. The lowest BCUT2D eigenvalue weighted by Crippen LogP contribution is -2.38. The molecule has 2 heterocycles. The van der Waals surface area contributed by atoms with Gasteiger partial charge in [0.25, 0.3) is 0 Å². The molecular formula is C11H14N2O2. The first-order valence-electron chi connectivity index (χ1n) is 5.15. The Balaban J connectivity index is 2.08. The summed E-state index contributed by atoms with van der Waals surface area (Å²) in [6, 6.07) is 3.84. The van der Waals surface area contributed by atoms with Crippen LogP contribution in [0.15, 0.2) is 24.5 Å². The van der Waals surface area contributed by atoms with E-state index in [-0.39, 0.29) is 5.92 Å². The number of carbonyl (C=O) groups is 1. The number of aromatic nitrogens is 1. The molecule has 0 amide bonds. The summed E-state index contributed by atoms with van der Waals surface area (Å²) < 4.78 is 0. The van der Waals surface area contributed by atoms with Gasteiger partial charge >= 0.3 is 5.97 Å².